The molecule has 0 saturated heterocycles. The first kappa shape index (κ1) is 21.7. The Hall–Kier alpha value is -4.04. The molecule has 0 saturated carbocycles. The van der Waals surface area contributed by atoms with E-state index < -0.39 is 11.9 Å². The molecule has 0 bridgehead atoms. The zero-order valence-electron chi connectivity index (χ0n) is 17.5. The molecule has 0 aliphatic heterocycles. The fourth-order valence-corrected chi connectivity index (χ4v) is 2.68. The molecule has 0 radical (unpaired) electrons. The van der Waals surface area contributed by atoms with Crippen LogP contribution in [0.1, 0.15) is 47.1 Å². The van der Waals surface area contributed by atoms with Gasteiger partial charge in [0.1, 0.15) is 17.2 Å². The van der Waals surface area contributed by atoms with Crippen LogP contribution in [0.3, 0.4) is 0 Å². The number of ether oxygens (including phenoxy) is 3. The van der Waals surface area contributed by atoms with Crippen LogP contribution in [-0.2, 0) is 0 Å². The predicted molar refractivity (Wildman–Crippen MR) is 118 cm³/mol. The van der Waals surface area contributed by atoms with Gasteiger partial charge in [-0.15, -0.1) is 5.92 Å². The monoisotopic (exact) mass is 414 g/mol. The number of rotatable bonds is 6. The smallest absolute Gasteiger partial charge is 0.343 e. The Morgan fingerprint density at radius 1 is 0.677 bits per heavy atom. The van der Waals surface area contributed by atoms with Crippen molar-refractivity contribution in [2.45, 2.75) is 26.9 Å². The largest absolute Gasteiger partial charge is 0.491 e. The van der Waals surface area contributed by atoms with E-state index in [4.69, 9.17) is 14.2 Å². The van der Waals surface area contributed by atoms with Gasteiger partial charge in [-0.05, 0) is 93.6 Å². The highest BCUT2D eigenvalue weighted by atomic mass is 16.5. The summed E-state index contributed by atoms with van der Waals surface area (Å²) < 4.78 is 16.3. The number of carbonyl (C=O) groups excluding carboxylic acids is 2. The molecule has 0 fully saturated rings. The summed E-state index contributed by atoms with van der Waals surface area (Å²) in [6.07, 6.45) is 0.0557. The van der Waals surface area contributed by atoms with Gasteiger partial charge >= 0.3 is 11.9 Å². The summed E-state index contributed by atoms with van der Waals surface area (Å²) in [5.41, 5.74) is 1.65. The van der Waals surface area contributed by atoms with Crippen LogP contribution in [0.2, 0.25) is 0 Å². The van der Waals surface area contributed by atoms with Gasteiger partial charge in [0, 0.05) is 5.56 Å². The Balaban J connectivity index is 1.58. The molecule has 0 heterocycles. The summed E-state index contributed by atoms with van der Waals surface area (Å²) in [7, 11) is 0. The highest BCUT2D eigenvalue weighted by Gasteiger charge is 2.11. The molecular formula is C26H22O5. The first-order chi connectivity index (χ1) is 14.9. The van der Waals surface area contributed by atoms with Crippen molar-refractivity contribution in [3.8, 4) is 29.1 Å². The second kappa shape index (κ2) is 10.1. The summed E-state index contributed by atoms with van der Waals surface area (Å²) in [4.78, 5) is 24.6. The van der Waals surface area contributed by atoms with E-state index in [1.807, 2.05) is 13.8 Å². The van der Waals surface area contributed by atoms with Crippen molar-refractivity contribution in [3.05, 3.63) is 89.5 Å². The van der Waals surface area contributed by atoms with Gasteiger partial charge in [-0.1, -0.05) is 5.92 Å². The number of carbonyl (C=O) groups is 2. The third-order valence-corrected chi connectivity index (χ3v) is 4.10. The first-order valence-electron chi connectivity index (χ1n) is 9.78. The van der Waals surface area contributed by atoms with Crippen LogP contribution >= 0.6 is 0 Å². The van der Waals surface area contributed by atoms with E-state index in [1.54, 1.807) is 79.7 Å². The Kier molecular flexibility index (Phi) is 7.08. The normalized spacial score (nSPS) is 10.1. The minimum absolute atomic E-state index is 0.0557. The van der Waals surface area contributed by atoms with Crippen LogP contribution < -0.4 is 14.2 Å². The Morgan fingerprint density at radius 2 is 1.10 bits per heavy atom. The molecular weight excluding hydrogens is 392 g/mol. The minimum atomic E-state index is -0.490. The van der Waals surface area contributed by atoms with Crippen LogP contribution in [0.25, 0.3) is 0 Å². The summed E-state index contributed by atoms with van der Waals surface area (Å²) in [6.45, 7) is 5.62. The SMILES string of the molecule is CC#Cc1ccc(C(=O)Oc2ccc(OC(=O)c3ccc(OC(C)C)cc3)cc2)cc1. The molecule has 0 unspecified atom stereocenters. The third kappa shape index (κ3) is 6.22. The van der Waals surface area contributed by atoms with Crippen molar-refractivity contribution in [3.63, 3.8) is 0 Å². The van der Waals surface area contributed by atoms with E-state index in [9.17, 15) is 9.59 Å². The zero-order valence-corrected chi connectivity index (χ0v) is 17.5. The first-order valence-corrected chi connectivity index (χ1v) is 9.78. The van der Waals surface area contributed by atoms with Crippen molar-refractivity contribution in [1.82, 2.24) is 0 Å². The van der Waals surface area contributed by atoms with Gasteiger partial charge in [-0.3, -0.25) is 0 Å². The zero-order chi connectivity index (χ0) is 22.2. The quantitative estimate of drug-likeness (QED) is 0.312. The second-order valence-electron chi connectivity index (χ2n) is 6.89. The van der Waals surface area contributed by atoms with Gasteiger partial charge in [0.15, 0.2) is 0 Å². The van der Waals surface area contributed by atoms with E-state index in [0.717, 1.165) is 5.56 Å². The van der Waals surface area contributed by atoms with E-state index in [2.05, 4.69) is 11.8 Å². The summed E-state index contributed by atoms with van der Waals surface area (Å²) >= 11 is 0. The molecule has 3 aromatic rings. The third-order valence-electron chi connectivity index (χ3n) is 4.10. The van der Waals surface area contributed by atoms with Crippen LogP contribution in [0.5, 0.6) is 17.2 Å². The second-order valence-corrected chi connectivity index (χ2v) is 6.89. The van der Waals surface area contributed by atoms with Crippen molar-refractivity contribution in [2.24, 2.45) is 0 Å². The lowest BCUT2D eigenvalue weighted by atomic mass is 10.1. The average molecular weight is 414 g/mol. The number of hydrogen-bond donors (Lipinski definition) is 0. The predicted octanol–water partition coefficient (Wildman–Crippen LogP) is 5.28. The van der Waals surface area contributed by atoms with Crippen molar-refractivity contribution in [1.29, 1.82) is 0 Å². The highest BCUT2D eigenvalue weighted by Crippen LogP contribution is 2.21. The highest BCUT2D eigenvalue weighted by molar-refractivity contribution is 5.92. The molecule has 0 aliphatic carbocycles. The van der Waals surface area contributed by atoms with E-state index in [-0.39, 0.29) is 6.10 Å². The molecule has 0 atom stereocenters. The van der Waals surface area contributed by atoms with Crippen molar-refractivity contribution < 1.29 is 23.8 Å². The van der Waals surface area contributed by atoms with Gasteiger partial charge in [-0.2, -0.15) is 0 Å². The van der Waals surface area contributed by atoms with Gasteiger partial charge < -0.3 is 14.2 Å². The molecule has 5 nitrogen and oxygen atoms in total. The minimum Gasteiger partial charge on any atom is -0.491 e. The lowest BCUT2D eigenvalue weighted by molar-refractivity contribution is 0.0719. The molecule has 0 aromatic heterocycles. The van der Waals surface area contributed by atoms with Gasteiger partial charge in [0.25, 0.3) is 0 Å². The number of hydrogen-bond acceptors (Lipinski definition) is 5. The van der Waals surface area contributed by atoms with Gasteiger partial charge in [0.05, 0.1) is 17.2 Å². The number of esters is 2. The van der Waals surface area contributed by atoms with Crippen LogP contribution in [-0.4, -0.2) is 18.0 Å². The van der Waals surface area contributed by atoms with E-state index in [0.29, 0.717) is 28.4 Å². The fraction of sp³-hybridized carbons (Fsp3) is 0.154. The molecule has 3 rings (SSSR count). The molecule has 0 aliphatic rings. The van der Waals surface area contributed by atoms with Crippen LogP contribution in [0.4, 0.5) is 0 Å². The maximum atomic E-state index is 12.3. The molecule has 0 spiro atoms. The standard InChI is InChI=1S/C26H22O5/c1-4-5-19-6-8-20(9-7-19)25(27)30-23-14-16-24(17-15-23)31-26(28)21-10-12-22(13-11-21)29-18(2)3/h6-18H,1-3H3. The Labute approximate surface area is 181 Å². The molecule has 3 aromatic carbocycles. The fourth-order valence-electron chi connectivity index (χ4n) is 2.68. The summed E-state index contributed by atoms with van der Waals surface area (Å²) in [6, 6.07) is 19.9. The maximum Gasteiger partial charge on any atom is 0.343 e. The van der Waals surface area contributed by atoms with E-state index in [1.165, 1.54) is 0 Å². The van der Waals surface area contributed by atoms with Crippen LogP contribution in [0, 0.1) is 11.8 Å². The van der Waals surface area contributed by atoms with Crippen LogP contribution in [0.15, 0.2) is 72.8 Å². The topological polar surface area (TPSA) is 61.8 Å². The lowest BCUT2D eigenvalue weighted by Crippen LogP contribution is -2.10. The molecule has 0 N–H and O–H groups in total. The Bertz CT molecular complexity index is 1100. The van der Waals surface area contributed by atoms with Gasteiger partial charge in [-0.25, -0.2) is 9.59 Å². The number of benzene rings is 3. The summed E-state index contributed by atoms with van der Waals surface area (Å²) in [5.74, 6) is 6.12. The molecule has 31 heavy (non-hydrogen) atoms. The van der Waals surface area contributed by atoms with E-state index >= 15 is 0 Å². The molecule has 5 heteroatoms. The maximum absolute atomic E-state index is 12.3. The Morgan fingerprint density at radius 3 is 1.52 bits per heavy atom. The lowest BCUT2D eigenvalue weighted by Gasteiger charge is -2.10. The molecule has 156 valence electrons. The average Bonchev–Trinajstić information content (AvgIpc) is 2.76. The van der Waals surface area contributed by atoms with Crippen molar-refractivity contribution >= 4 is 11.9 Å². The summed E-state index contributed by atoms with van der Waals surface area (Å²) in [5, 5.41) is 0. The van der Waals surface area contributed by atoms with Crippen molar-refractivity contribution in [2.75, 3.05) is 0 Å². The van der Waals surface area contributed by atoms with Gasteiger partial charge in [0.2, 0.25) is 0 Å². The molecule has 0 amide bonds.